The zero-order valence-corrected chi connectivity index (χ0v) is 11.8. The van der Waals surface area contributed by atoms with Crippen LogP contribution in [0.25, 0.3) is 0 Å². The average Bonchev–Trinajstić information content (AvgIpc) is 2.47. The lowest BCUT2D eigenvalue weighted by Gasteiger charge is -2.45. The number of nitro benzene ring substituents is 1. The molecule has 0 aromatic heterocycles. The number of rotatable bonds is 4. The molecule has 108 valence electrons. The number of hydrogen-bond acceptors (Lipinski definition) is 4. The van der Waals surface area contributed by atoms with Crippen molar-refractivity contribution in [3.8, 4) is 0 Å². The number of benzene rings is 1. The molecule has 5 heteroatoms. The Labute approximate surface area is 119 Å². The third-order valence-electron chi connectivity index (χ3n) is 4.69. The van der Waals surface area contributed by atoms with Crippen LogP contribution in [0.15, 0.2) is 18.2 Å². The molecule has 1 aromatic carbocycles. The van der Waals surface area contributed by atoms with E-state index in [2.05, 4.69) is 10.2 Å². The molecule has 0 saturated carbocycles. The second-order valence-electron chi connectivity index (χ2n) is 6.00. The number of nitrogens with zero attached hydrogens (tertiary/aromatic N) is 2. The van der Waals surface area contributed by atoms with Crippen LogP contribution in [0.2, 0.25) is 0 Å². The minimum Gasteiger partial charge on any atom is -0.308 e. The van der Waals surface area contributed by atoms with Crippen molar-refractivity contribution in [2.75, 3.05) is 19.6 Å². The molecule has 0 aliphatic carbocycles. The summed E-state index contributed by atoms with van der Waals surface area (Å²) in [4.78, 5) is 13.2. The Morgan fingerprint density at radius 3 is 2.75 bits per heavy atom. The maximum Gasteiger partial charge on any atom is 0.272 e. The predicted octanol–water partition coefficient (Wildman–Crippen LogP) is 2.09. The maximum absolute atomic E-state index is 11.0. The van der Waals surface area contributed by atoms with Gasteiger partial charge in [0.15, 0.2) is 0 Å². The molecule has 5 nitrogen and oxygen atoms in total. The molecular weight excluding hydrogens is 254 g/mol. The Morgan fingerprint density at radius 2 is 2.15 bits per heavy atom. The van der Waals surface area contributed by atoms with Gasteiger partial charge in [-0.2, -0.15) is 0 Å². The molecule has 1 atom stereocenters. The Hall–Kier alpha value is -1.46. The molecule has 0 radical (unpaired) electrons. The lowest BCUT2D eigenvalue weighted by molar-refractivity contribution is -0.385. The summed E-state index contributed by atoms with van der Waals surface area (Å²) in [5, 5.41) is 14.6. The smallest absolute Gasteiger partial charge is 0.272 e. The molecule has 1 unspecified atom stereocenters. The van der Waals surface area contributed by atoms with Crippen LogP contribution < -0.4 is 5.32 Å². The number of piperidine rings is 3. The minimum absolute atomic E-state index is 0.221. The first kappa shape index (κ1) is 13.5. The number of hydrogen-bond donors (Lipinski definition) is 1. The number of aryl methyl sites for hydroxylation is 1. The largest absolute Gasteiger partial charge is 0.308 e. The highest BCUT2D eigenvalue weighted by Gasteiger charge is 2.33. The normalized spacial score (nSPS) is 28.6. The van der Waals surface area contributed by atoms with Crippen molar-refractivity contribution in [1.82, 2.24) is 10.2 Å². The minimum atomic E-state index is -0.299. The first-order valence-corrected chi connectivity index (χ1v) is 7.33. The monoisotopic (exact) mass is 275 g/mol. The molecular formula is C15H21N3O2. The fourth-order valence-corrected chi connectivity index (χ4v) is 3.41. The van der Waals surface area contributed by atoms with Gasteiger partial charge < -0.3 is 10.2 Å². The summed E-state index contributed by atoms with van der Waals surface area (Å²) >= 11 is 0. The highest BCUT2D eigenvalue weighted by atomic mass is 16.6. The van der Waals surface area contributed by atoms with Crippen LogP contribution in [-0.2, 0) is 6.54 Å². The zero-order valence-electron chi connectivity index (χ0n) is 11.8. The van der Waals surface area contributed by atoms with Crippen molar-refractivity contribution in [1.29, 1.82) is 0 Å². The quantitative estimate of drug-likeness (QED) is 0.675. The van der Waals surface area contributed by atoms with Gasteiger partial charge in [0.05, 0.1) is 4.92 Å². The predicted molar refractivity (Wildman–Crippen MR) is 77.6 cm³/mol. The fourth-order valence-electron chi connectivity index (χ4n) is 3.41. The van der Waals surface area contributed by atoms with Gasteiger partial charge in [0.1, 0.15) is 0 Å². The van der Waals surface area contributed by atoms with Crippen LogP contribution in [-0.4, -0.2) is 35.5 Å². The van der Waals surface area contributed by atoms with E-state index < -0.39 is 0 Å². The Morgan fingerprint density at radius 1 is 1.40 bits per heavy atom. The average molecular weight is 275 g/mol. The SMILES string of the molecule is Cc1ccc(CNC2CN3CCC2CC3)cc1[N+](=O)[O-]. The van der Waals surface area contributed by atoms with Crippen molar-refractivity contribution in [3.05, 3.63) is 39.4 Å². The van der Waals surface area contributed by atoms with Gasteiger partial charge in [-0.3, -0.25) is 10.1 Å². The second kappa shape index (κ2) is 5.50. The van der Waals surface area contributed by atoms with E-state index in [1.807, 2.05) is 12.1 Å². The van der Waals surface area contributed by atoms with Crippen LogP contribution in [0, 0.1) is 23.0 Å². The number of fused-ring (bicyclic) bond motifs is 3. The molecule has 1 aromatic rings. The molecule has 1 N–H and O–H groups in total. The second-order valence-corrected chi connectivity index (χ2v) is 6.00. The summed E-state index contributed by atoms with van der Waals surface area (Å²) in [5.41, 5.74) is 1.94. The standard InChI is InChI=1S/C15H21N3O2/c1-11-2-3-12(8-15(11)18(19)20)9-16-14-10-17-6-4-13(14)5-7-17/h2-3,8,13-14,16H,4-7,9-10H2,1H3. The van der Waals surface area contributed by atoms with Crippen molar-refractivity contribution in [2.24, 2.45) is 5.92 Å². The fraction of sp³-hybridized carbons (Fsp3) is 0.600. The van der Waals surface area contributed by atoms with Gasteiger partial charge in [-0.25, -0.2) is 0 Å². The molecule has 0 spiro atoms. The van der Waals surface area contributed by atoms with Crippen molar-refractivity contribution in [2.45, 2.75) is 32.4 Å². The van der Waals surface area contributed by atoms with E-state index in [1.54, 1.807) is 13.0 Å². The number of nitro groups is 1. The van der Waals surface area contributed by atoms with E-state index in [9.17, 15) is 10.1 Å². The van der Waals surface area contributed by atoms with E-state index in [-0.39, 0.29) is 10.6 Å². The molecule has 4 rings (SSSR count). The van der Waals surface area contributed by atoms with E-state index in [0.29, 0.717) is 6.04 Å². The zero-order chi connectivity index (χ0) is 14.1. The Kier molecular flexibility index (Phi) is 3.72. The lowest BCUT2D eigenvalue weighted by Crippen LogP contribution is -2.55. The summed E-state index contributed by atoms with van der Waals surface area (Å²) in [6.07, 6.45) is 2.57. The summed E-state index contributed by atoms with van der Waals surface area (Å²) in [7, 11) is 0. The van der Waals surface area contributed by atoms with Gasteiger partial charge in [-0.1, -0.05) is 12.1 Å². The Bertz CT molecular complexity index is 510. The molecule has 3 aliphatic rings. The van der Waals surface area contributed by atoms with Gasteiger partial charge >= 0.3 is 0 Å². The topological polar surface area (TPSA) is 58.4 Å². The van der Waals surface area contributed by atoms with Crippen LogP contribution in [0.4, 0.5) is 5.69 Å². The first-order chi connectivity index (χ1) is 9.63. The highest BCUT2D eigenvalue weighted by molar-refractivity contribution is 5.42. The van der Waals surface area contributed by atoms with E-state index in [4.69, 9.17) is 0 Å². The first-order valence-electron chi connectivity index (χ1n) is 7.33. The molecule has 3 saturated heterocycles. The van der Waals surface area contributed by atoms with Gasteiger partial charge in [-0.05, 0) is 44.3 Å². The molecule has 0 amide bonds. The Balaban J connectivity index is 1.64. The van der Waals surface area contributed by atoms with E-state index in [1.165, 1.54) is 25.9 Å². The van der Waals surface area contributed by atoms with Crippen LogP contribution in [0.5, 0.6) is 0 Å². The summed E-state index contributed by atoms with van der Waals surface area (Å²) < 4.78 is 0. The molecule has 20 heavy (non-hydrogen) atoms. The van der Waals surface area contributed by atoms with Crippen molar-refractivity contribution in [3.63, 3.8) is 0 Å². The van der Waals surface area contributed by atoms with E-state index >= 15 is 0 Å². The third kappa shape index (κ3) is 2.69. The van der Waals surface area contributed by atoms with Gasteiger partial charge in [-0.15, -0.1) is 0 Å². The highest BCUT2D eigenvalue weighted by Crippen LogP contribution is 2.28. The van der Waals surface area contributed by atoms with Crippen molar-refractivity contribution < 1.29 is 4.92 Å². The number of nitrogens with one attached hydrogen (secondary N) is 1. The molecule has 3 heterocycles. The van der Waals surface area contributed by atoms with Gasteiger partial charge in [0.2, 0.25) is 0 Å². The molecule has 2 bridgehead atoms. The lowest BCUT2D eigenvalue weighted by atomic mass is 9.84. The van der Waals surface area contributed by atoms with Crippen molar-refractivity contribution >= 4 is 5.69 Å². The van der Waals surface area contributed by atoms with Gasteiger partial charge in [0, 0.05) is 30.8 Å². The van der Waals surface area contributed by atoms with Crippen LogP contribution >= 0.6 is 0 Å². The summed E-state index contributed by atoms with van der Waals surface area (Å²) in [6, 6.07) is 6.06. The van der Waals surface area contributed by atoms with Gasteiger partial charge in [0.25, 0.3) is 5.69 Å². The third-order valence-corrected chi connectivity index (χ3v) is 4.69. The maximum atomic E-state index is 11.0. The van der Waals surface area contributed by atoms with E-state index in [0.717, 1.165) is 30.1 Å². The summed E-state index contributed by atoms with van der Waals surface area (Å²) in [5.74, 6) is 0.778. The molecule has 3 aliphatic heterocycles. The van der Waals surface area contributed by atoms with Crippen LogP contribution in [0.1, 0.15) is 24.0 Å². The molecule has 3 fully saturated rings. The van der Waals surface area contributed by atoms with Crippen LogP contribution in [0.3, 0.4) is 0 Å². The summed E-state index contributed by atoms with van der Waals surface area (Å²) in [6.45, 7) is 6.09.